The van der Waals surface area contributed by atoms with Gasteiger partial charge in [0.05, 0.1) is 0 Å². The minimum absolute atomic E-state index is 0.0808. The zero-order chi connectivity index (χ0) is 14.1. The second-order valence-corrected chi connectivity index (χ2v) is 5.77. The lowest BCUT2D eigenvalue weighted by Gasteiger charge is -2.10. The first kappa shape index (κ1) is 13.2. The quantitative estimate of drug-likeness (QED) is 0.874. The van der Waals surface area contributed by atoms with E-state index in [1.54, 1.807) is 0 Å². The van der Waals surface area contributed by atoms with Gasteiger partial charge in [0.1, 0.15) is 0 Å². The molecule has 0 saturated carbocycles. The number of amides is 1. The highest BCUT2D eigenvalue weighted by Crippen LogP contribution is 2.26. The van der Waals surface area contributed by atoms with E-state index in [4.69, 9.17) is 0 Å². The molecule has 3 rings (SSSR count). The van der Waals surface area contributed by atoms with Gasteiger partial charge in [0.25, 0.3) is 5.91 Å². The van der Waals surface area contributed by atoms with Crippen LogP contribution in [0.5, 0.6) is 0 Å². The molecule has 3 nitrogen and oxygen atoms in total. The van der Waals surface area contributed by atoms with E-state index in [1.165, 1.54) is 5.56 Å². The molecule has 0 saturated heterocycles. The smallest absolute Gasteiger partial charge is 0.255 e. The van der Waals surface area contributed by atoms with Crippen molar-refractivity contribution in [3.05, 3.63) is 57.6 Å². The van der Waals surface area contributed by atoms with E-state index in [1.807, 2.05) is 43.3 Å². The van der Waals surface area contributed by atoms with E-state index in [9.17, 15) is 4.79 Å². The van der Waals surface area contributed by atoms with Crippen LogP contribution in [-0.2, 0) is 6.42 Å². The molecule has 0 bridgehead atoms. The van der Waals surface area contributed by atoms with Crippen LogP contribution in [0.3, 0.4) is 0 Å². The van der Waals surface area contributed by atoms with Crippen LogP contribution >= 0.6 is 15.9 Å². The first-order valence-electron chi connectivity index (χ1n) is 6.58. The van der Waals surface area contributed by atoms with Crippen LogP contribution in [0, 0.1) is 6.92 Å². The van der Waals surface area contributed by atoms with Crippen molar-refractivity contribution in [2.45, 2.75) is 13.3 Å². The molecule has 0 spiro atoms. The van der Waals surface area contributed by atoms with Gasteiger partial charge in [-0.2, -0.15) is 0 Å². The third kappa shape index (κ3) is 2.43. The van der Waals surface area contributed by atoms with Crippen molar-refractivity contribution in [2.75, 3.05) is 17.2 Å². The number of fused-ring (bicyclic) bond motifs is 1. The summed E-state index contributed by atoms with van der Waals surface area (Å²) in [5.74, 6) is -0.0808. The number of anilines is 2. The SMILES string of the molecule is Cc1c(Br)cccc1NC(=O)c1ccc2c(c1)NCC2. The summed E-state index contributed by atoms with van der Waals surface area (Å²) in [6.07, 6.45) is 1.03. The molecule has 1 heterocycles. The molecule has 1 aliphatic rings. The van der Waals surface area contributed by atoms with Crippen molar-refractivity contribution < 1.29 is 4.79 Å². The Bertz CT molecular complexity index is 682. The highest BCUT2D eigenvalue weighted by molar-refractivity contribution is 9.10. The van der Waals surface area contributed by atoms with E-state index in [-0.39, 0.29) is 5.91 Å². The van der Waals surface area contributed by atoms with Crippen LogP contribution in [0.25, 0.3) is 0 Å². The summed E-state index contributed by atoms with van der Waals surface area (Å²) in [7, 11) is 0. The molecule has 4 heteroatoms. The summed E-state index contributed by atoms with van der Waals surface area (Å²) < 4.78 is 0.992. The van der Waals surface area contributed by atoms with Crippen LogP contribution in [0.1, 0.15) is 21.5 Å². The molecule has 0 unspecified atom stereocenters. The third-order valence-electron chi connectivity index (χ3n) is 3.60. The van der Waals surface area contributed by atoms with Crippen molar-refractivity contribution >= 4 is 33.2 Å². The fraction of sp³-hybridized carbons (Fsp3) is 0.188. The highest BCUT2D eigenvalue weighted by Gasteiger charge is 2.14. The van der Waals surface area contributed by atoms with Gasteiger partial charge in [0, 0.05) is 28.0 Å². The Labute approximate surface area is 126 Å². The molecule has 1 aliphatic heterocycles. The van der Waals surface area contributed by atoms with Gasteiger partial charge in [-0.1, -0.05) is 28.1 Å². The van der Waals surface area contributed by atoms with Gasteiger partial charge in [0.15, 0.2) is 0 Å². The van der Waals surface area contributed by atoms with E-state index >= 15 is 0 Å². The van der Waals surface area contributed by atoms with Crippen LogP contribution in [0.2, 0.25) is 0 Å². The maximum Gasteiger partial charge on any atom is 0.255 e. The summed E-state index contributed by atoms with van der Waals surface area (Å²) in [6, 6.07) is 11.6. The molecule has 2 N–H and O–H groups in total. The molecule has 0 fully saturated rings. The molecule has 1 amide bonds. The Balaban J connectivity index is 1.84. The molecule has 0 atom stereocenters. The van der Waals surface area contributed by atoms with Gasteiger partial charge in [-0.05, 0) is 48.7 Å². The zero-order valence-electron chi connectivity index (χ0n) is 11.2. The first-order valence-corrected chi connectivity index (χ1v) is 7.38. The second-order valence-electron chi connectivity index (χ2n) is 4.92. The van der Waals surface area contributed by atoms with Crippen LogP contribution in [0.4, 0.5) is 11.4 Å². The first-order chi connectivity index (χ1) is 9.65. The molecular weight excluding hydrogens is 316 g/mol. The van der Waals surface area contributed by atoms with Crippen molar-refractivity contribution in [1.82, 2.24) is 0 Å². The number of nitrogens with one attached hydrogen (secondary N) is 2. The Morgan fingerprint density at radius 3 is 3.00 bits per heavy atom. The predicted molar refractivity (Wildman–Crippen MR) is 85.5 cm³/mol. The molecule has 2 aromatic rings. The fourth-order valence-electron chi connectivity index (χ4n) is 2.37. The van der Waals surface area contributed by atoms with Crippen LogP contribution in [-0.4, -0.2) is 12.5 Å². The summed E-state index contributed by atoms with van der Waals surface area (Å²) in [6.45, 7) is 2.93. The standard InChI is InChI=1S/C16H15BrN2O/c1-10-13(17)3-2-4-14(10)19-16(20)12-6-5-11-7-8-18-15(11)9-12/h2-6,9,18H,7-8H2,1H3,(H,19,20). The predicted octanol–water partition coefficient (Wildman–Crippen LogP) is 3.98. The van der Waals surface area contributed by atoms with E-state index in [0.717, 1.165) is 34.4 Å². The van der Waals surface area contributed by atoms with Gasteiger partial charge in [-0.3, -0.25) is 4.79 Å². The third-order valence-corrected chi connectivity index (χ3v) is 4.46. The topological polar surface area (TPSA) is 41.1 Å². The lowest BCUT2D eigenvalue weighted by molar-refractivity contribution is 0.102. The van der Waals surface area contributed by atoms with Gasteiger partial charge in [0.2, 0.25) is 0 Å². The number of carbonyl (C=O) groups excluding carboxylic acids is 1. The van der Waals surface area contributed by atoms with E-state index in [2.05, 4.69) is 26.6 Å². The summed E-state index contributed by atoms with van der Waals surface area (Å²) in [5, 5.41) is 6.25. The number of halogens is 1. The molecule has 2 aromatic carbocycles. The molecular formula is C16H15BrN2O. The normalized spacial score (nSPS) is 12.7. The van der Waals surface area contributed by atoms with Crippen molar-refractivity contribution in [1.29, 1.82) is 0 Å². The summed E-state index contributed by atoms with van der Waals surface area (Å²) >= 11 is 3.47. The molecule has 20 heavy (non-hydrogen) atoms. The van der Waals surface area contributed by atoms with Gasteiger partial charge >= 0.3 is 0 Å². The van der Waals surface area contributed by atoms with Crippen LogP contribution < -0.4 is 10.6 Å². The van der Waals surface area contributed by atoms with Gasteiger partial charge < -0.3 is 10.6 Å². The van der Waals surface area contributed by atoms with Gasteiger partial charge in [-0.25, -0.2) is 0 Å². The minimum Gasteiger partial charge on any atom is -0.384 e. The second kappa shape index (κ2) is 5.29. The Kier molecular flexibility index (Phi) is 3.49. The highest BCUT2D eigenvalue weighted by atomic mass is 79.9. The fourth-order valence-corrected chi connectivity index (χ4v) is 2.74. The molecule has 0 radical (unpaired) electrons. The number of hydrogen-bond donors (Lipinski definition) is 2. The average Bonchev–Trinajstić information content (AvgIpc) is 2.91. The Morgan fingerprint density at radius 1 is 1.30 bits per heavy atom. The largest absolute Gasteiger partial charge is 0.384 e. The molecule has 0 aliphatic carbocycles. The lowest BCUT2D eigenvalue weighted by atomic mass is 10.1. The average molecular weight is 331 g/mol. The molecule has 102 valence electrons. The van der Waals surface area contributed by atoms with Gasteiger partial charge in [-0.15, -0.1) is 0 Å². The minimum atomic E-state index is -0.0808. The summed E-state index contributed by atoms with van der Waals surface area (Å²) in [5.41, 5.74) is 4.89. The zero-order valence-corrected chi connectivity index (χ0v) is 12.8. The van der Waals surface area contributed by atoms with Crippen molar-refractivity contribution in [3.63, 3.8) is 0 Å². The van der Waals surface area contributed by atoms with Crippen LogP contribution in [0.15, 0.2) is 40.9 Å². The maximum atomic E-state index is 12.3. The monoisotopic (exact) mass is 330 g/mol. The maximum absolute atomic E-state index is 12.3. The Hall–Kier alpha value is -1.81. The van der Waals surface area contributed by atoms with Crippen molar-refractivity contribution in [2.24, 2.45) is 0 Å². The van der Waals surface area contributed by atoms with Crippen molar-refractivity contribution in [3.8, 4) is 0 Å². The van der Waals surface area contributed by atoms with E-state index in [0.29, 0.717) is 5.56 Å². The number of hydrogen-bond acceptors (Lipinski definition) is 2. The Morgan fingerprint density at radius 2 is 2.15 bits per heavy atom. The number of carbonyl (C=O) groups is 1. The number of benzene rings is 2. The lowest BCUT2D eigenvalue weighted by Crippen LogP contribution is -2.13. The molecule has 0 aromatic heterocycles. The number of rotatable bonds is 2. The van der Waals surface area contributed by atoms with E-state index < -0.39 is 0 Å². The summed E-state index contributed by atoms with van der Waals surface area (Å²) in [4.78, 5) is 12.3.